The van der Waals surface area contributed by atoms with Crippen LogP contribution in [-0.2, 0) is 4.79 Å². The topological polar surface area (TPSA) is 67.6 Å². The predicted octanol–water partition coefficient (Wildman–Crippen LogP) is 2.44. The molecule has 0 fully saturated rings. The Labute approximate surface area is 145 Å². The largest absolute Gasteiger partial charge is 0.387 e. The molecule has 1 aromatic rings. The standard InChI is InChI=1S/C19H29N3O2/c1-19(2,3)15-22(14-18(24)21(4)12-8-11-20)13-17(23)16-9-6-5-7-10-16/h5-7,9-10,17,23H,8,12-15H2,1-4H3/t17-/m1/s1. The van der Waals surface area contributed by atoms with Crippen LogP contribution in [0.2, 0.25) is 0 Å². The van der Waals surface area contributed by atoms with Crippen LogP contribution in [0, 0.1) is 16.7 Å². The summed E-state index contributed by atoms with van der Waals surface area (Å²) in [4.78, 5) is 15.9. The molecule has 0 radical (unpaired) electrons. The Morgan fingerprint density at radius 3 is 2.46 bits per heavy atom. The Morgan fingerprint density at radius 2 is 1.92 bits per heavy atom. The van der Waals surface area contributed by atoms with Crippen molar-refractivity contribution in [3.05, 3.63) is 35.9 Å². The third-order valence-electron chi connectivity index (χ3n) is 3.66. The number of carbonyl (C=O) groups is 1. The van der Waals surface area contributed by atoms with E-state index in [1.807, 2.05) is 35.2 Å². The fourth-order valence-corrected chi connectivity index (χ4v) is 2.54. The van der Waals surface area contributed by atoms with E-state index < -0.39 is 6.10 Å². The van der Waals surface area contributed by atoms with Crippen LogP contribution in [0.3, 0.4) is 0 Å². The van der Waals surface area contributed by atoms with Gasteiger partial charge in [-0.1, -0.05) is 51.1 Å². The molecule has 0 aliphatic heterocycles. The van der Waals surface area contributed by atoms with Crippen molar-refractivity contribution in [1.82, 2.24) is 9.80 Å². The fourth-order valence-electron chi connectivity index (χ4n) is 2.54. The van der Waals surface area contributed by atoms with E-state index in [0.717, 1.165) is 5.56 Å². The summed E-state index contributed by atoms with van der Waals surface area (Å²) in [6.07, 6.45) is -0.306. The third kappa shape index (κ3) is 7.58. The van der Waals surface area contributed by atoms with Crippen molar-refractivity contribution in [2.24, 2.45) is 5.41 Å². The van der Waals surface area contributed by atoms with Crippen molar-refractivity contribution in [2.45, 2.75) is 33.3 Å². The van der Waals surface area contributed by atoms with Crippen molar-refractivity contribution in [1.29, 1.82) is 5.26 Å². The van der Waals surface area contributed by atoms with E-state index in [0.29, 0.717) is 26.1 Å². The van der Waals surface area contributed by atoms with Crippen LogP contribution in [-0.4, -0.2) is 54.0 Å². The van der Waals surface area contributed by atoms with E-state index in [4.69, 9.17) is 5.26 Å². The second-order valence-electron chi connectivity index (χ2n) is 7.38. The van der Waals surface area contributed by atoms with Gasteiger partial charge in [0, 0.05) is 26.7 Å². The maximum atomic E-state index is 12.4. The molecule has 5 nitrogen and oxygen atoms in total. The molecule has 0 unspecified atom stereocenters. The highest BCUT2D eigenvalue weighted by molar-refractivity contribution is 5.78. The lowest BCUT2D eigenvalue weighted by Gasteiger charge is -2.32. The first-order valence-corrected chi connectivity index (χ1v) is 8.29. The van der Waals surface area contributed by atoms with E-state index in [9.17, 15) is 9.90 Å². The molecule has 1 rings (SSSR count). The number of aliphatic hydroxyl groups is 1. The molecule has 0 saturated carbocycles. The third-order valence-corrected chi connectivity index (χ3v) is 3.66. The summed E-state index contributed by atoms with van der Waals surface area (Å²) in [6.45, 7) is 8.10. The van der Waals surface area contributed by atoms with Gasteiger partial charge in [0.25, 0.3) is 0 Å². The van der Waals surface area contributed by atoms with Crippen LogP contribution in [0.4, 0.5) is 0 Å². The van der Waals surface area contributed by atoms with Crippen LogP contribution in [0.25, 0.3) is 0 Å². The number of aliphatic hydroxyl groups excluding tert-OH is 1. The zero-order chi connectivity index (χ0) is 18.2. The molecular formula is C19H29N3O2. The zero-order valence-corrected chi connectivity index (χ0v) is 15.2. The maximum absolute atomic E-state index is 12.4. The van der Waals surface area contributed by atoms with Crippen molar-refractivity contribution in [3.8, 4) is 6.07 Å². The highest BCUT2D eigenvalue weighted by Crippen LogP contribution is 2.19. The van der Waals surface area contributed by atoms with Gasteiger partial charge in [-0.25, -0.2) is 0 Å². The second kappa shape index (κ2) is 9.41. The first kappa shape index (κ1) is 20.1. The van der Waals surface area contributed by atoms with Gasteiger partial charge in [0.05, 0.1) is 25.1 Å². The van der Waals surface area contributed by atoms with Gasteiger partial charge in [-0.15, -0.1) is 0 Å². The van der Waals surface area contributed by atoms with Crippen LogP contribution in [0.15, 0.2) is 30.3 Å². The van der Waals surface area contributed by atoms with Gasteiger partial charge >= 0.3 is 0 Å². The number of carbonyl (C=O) groups excluding carboxylic acids is 1. The number of likely N-dealkylation sites (N-methyl/N-ethyl adjacent to an activating group) is 1. The number of nitriles is 1. The Balaban J connectivity index is 2.73. The van der Waals surface area contributed by atoms with Crippen LogP contribution in [0.5, 0.6) is 0 Å². The molecular weight excluding hydrogens is 302 g/mol. The van der Waals surface area contributed by atoms with E-state index in [-0.39, 0.29) is 17.9 Å². The van der Waals surface area contributed by atoms with Crippen molar-refractivity contribution in [2.75, 3.05) is 33.2 Å². The van der Waals surface area contributed by atoms with Crippen molar-refractivity contribution in [3.63, 3.8) is 0 Å². The molecule has 0 aromatic heterocycles. The fraction of sp³-hybridized carbons (Fsp3) is 0.579. The quantitative estimate of drug-likeness (QED) is 0.794. The first-order chi connectivity index (χ1) is 11.2. The molecule has 1 N–H and O–H groups in total. The molecule has 5 heteroatoms. The minimum Gasteiger partial charge on any atom is -0.387 e. The zero-order valence-electron chi connectivity index (χ0n) is 15.2. The molecule has 1 aromatic carbocycles. The van der Waals surface area contributed by atoms with E-state index in [2.05, 4.69) is 26.8 Å². The minimum atomic E-state index is -0.634. The number of benzene rings is 1. The van der Waals surface area contributed by atoms with Gasteiger partial charge in [-0.3, -0.25) is 9.69 Å². The highest BCUT2D eigenvalue weighted by Gasteiger charge is 2.23. The van der Waals surface area contributed by atoms with Gasteiger partial charge < -0.3 is 10.0 Å². The lowest BCUT2D eigenvalue weighted by atomic mass is 9.95. The summed E-state index contributed by atoms with van der Waals surface area (Å²) < 4.78 is 0. The molecule has 0 heterocycles. The predicted molar refractivity (Wildman–Crippen MR) is 95.2 cm³/mol. The average Bonchev–Trinajstić information content (AvgIpc) is 2.51. The summed E-state index contributed by atoms with van der Waals surface area (Å²) in [5.41, 5.74) is 0.865. The van der Waals surface area contributed by atoms with Gasteiger partial charge in [0.15, 0.2) is 0 Å². The molecule has 0 aliphatic carbocycles. The minimum absolute atomic E-state index is 0.0158. The summed E-state index contributed by atoms with van der Waals surface area (Å²) >= 11 is 0. The van der Waals surface area contributed by atoms with Crippen LogP contribution < -0.4 is 0 Å². The van der Waals surface area contributed by atoms with Gasteiger partial charge in [-0.05, 0) is 11.0 Å². The molecule has 0 spiro atoms. The lowest BCUT2D eigenvalue weighted by molar-refractivity contribution is -0.131. The van der Waals surface area contributed by atoms with Crippen molar-refractivity contribution < 1.29 is 9.90 Å². The Morgan fingerprint density at radius 1 is 1.29 bits per heavy atom. The summed E-state index contributed by atoms with van der Waals surface area (Å²) in [6, 6.07) is 11.5. The smallest absolute Gasteiger partial charge is 0.236 e. The molecule has 24 heavy (non-hydrogen) atoms. The van der Waals surface area contributed by atoms with Gasteiger partial charge in [0.1, 0.15) is 0 Å². The Kier molecular flexibility index (Phi) is 7.90. The highest BCUT2D eigenvalue weighted by atomic mass is 16.3. The molecule has 0 bridgehead atoms. The van der Waals surface area contributed by atoms with E-state index in [1.54, 1.807) is 11.9 Å². The van der Waals surface area contributed by atoms with Crippen molar-refractivity contribution >= 4 is 5.91 Å². The SMILES string of the molecule is CN(CCC#N)C(=O)CN(C[C@@H](O)c1ccccc1)CC(C)(C)C. The van der Waals surface area contributed by atoms with Crippen LogP contribution in [0.1, 0.15) is 38.9 Å². The number of rotatable bonds is 8. The van der Waals surface area contributed by atoms with Gasteiger partial charge in [0.2, 0.25) is 5.91 Å². The normalized spacial score (nSPS) is 12.7. The average molecular weight is 331 g/mol. The summed E-state index contributed by atoms with van der Waals surface area (Å²) in [5.74, 6) is -0.0326. The molecule has 132 valence electrons. The molecule has 0 aliphatic rings. The Bertz CT molecular complexity index is 546. The van der Waals surface area contributed by atoms with E-state index in [1.165, 1.54) is 0 Å². The second-order valence-corrected chi connectivity index (χ2v) is 7.38. The van der Waals surface area contributed by atoms with Gasteiger partial charge in [-0.2, -0.15) is 5.26 Å². The lowest BCUT2D eigenvalue weighted by Crippen LogP contribution is -2.43. The molecule has 1 atom stereocenters. The number of amides is 1. The number of hydrogen-bond donors (Lipinski definition) is 1. The van der Waals surface area contributed by atoms with Crippen LogP contribution >= 0.6 is 0 Å². The number of hydrogen-bond acceptors (Lipinski definition) is 4. The maximum Gasteiger partial charge on any atom is 0.236 e. The molecule has 1 amide bonds. The van der Waals surface area contributed by atoms with E-state index >= 15 is 0 Å². The summed E-state index contributed by atoms with van der Waals surface area (Å²) in [7, 11) is 1.71. The monoisotopic (exact) mass is 331 g/mol. The molecule has 0 saturated heterocycles. The summed E-state index contributed by atoms with van der Waals surface area (Å²) in [5, 5.41) is 19.1. The first-order valence-electron chi connectivity index (χ1n) is 8.29. The Hall–Kier alpha value is -1.90. The number of nitrogens with zero attached hydrogens (tertiary/aromatic N) is 3.